The molecule has 0 radical (unpaired) electrons. The van der Waals surface area contributed by atoms with Crippen LogP contribution in [0.15, 0.2) is 18.2 Å². The lowest BCUT2D eigenvalue weighted by atomic mass is 10.0. The number of hydrogen-bond donors (Lipinski definition) is 1. The number of rotatable bonds is 3. The molecule has 0 heterocycles. The maximum absolute atomic E-state index is 13.0. The van der Waals surface area contributed by atoms with E-state index in [1.165, 1.54) is 12.1 Å². The van der Waals surface area contributed by atoms with Crippen LogP contribution in [0.3, 0.4) is 0 Å². The van der Waals surface area contributed by atoms with Crippen LogP contribution in [0.4, 0.5) is 4.39 Å². The van der Waals surface area contributed by atoms with Crippen molar-refractivity contribution in [2.45, 2.75) is 18.9 Å². The van der Waals surface area contributed by atoms with Crippen LogP contribution in [-0.2, 0) is 0 Å². The molecule has 1 saturated carbocycles. The molecule has 2 rings (SSSR count). The van der Waals surface area contributed by atoms with E-state index in [0.717, 1.165) is 18.4 Å². The normalized spacial score (nSPS) is 17.9. The summed E-state index contributed by atoms with van der Waals surface area (Å²) in [6, 6.07) is 4.41. The standard InChI is InChI=1S/C11H14FNO/c1-14-10-5-4-8(12)6-9(10)11(13)7-2-3-7/h4-7,11H,2-3,13H2,1H3. The van der Waals surface area contributed by atoms with Crippen LogP contribution in [-0.4, -0.2) is 7.11 Å². The van der Waals surface area contributed by atoms with Gasteiger partial charge < -0.3 is 10.5 Å². The second-order valence-corrected chi connectivity index (χ2v) is 3.75. The van der Waals surface area contributed by atoms with Gasteiger partial charge in [-0.3, -0.25) is 0 Å². The van der Waals surface area contributed by atoms with Gasteiger partial charge >= 0.3 is 0 Å². The summed E-state index contributed by atoms with van der Waals surface area (Å²) in [4.78, 5) is 0. The molecule has 14 heavy (non-hydrogen) atoms. The molecule has 0 aromatic heterocycles. The number of benzene rings is 1. The van der Waals surface area contributed by atoms with Crippen molar-refractivity contribution in [2.75, 3.05) is 7.11 Å². The first-order valence-electron chi connectivity index (χ1n) is 4.81. The van der Waals surface area contributed by atoms with Gasteiger partial charge in [0.15, 0.2) is 0 Å². The molecular formula is C11H14FNO. The van der Waals surface area contributed by atoms with Crippen LogP contribution in [0.2, 0.25) is 0 Å². The van der Waals surface area contributed by atoms with E-state index in [9.17, 15) is 4.39 Å². The number of methoxy groups -OCH3 is 1. The van der Waals surface area contributed by atoms with E-state index >= 15 is 0 Å². The molecule has 76 valence electrons. The number of halogens is 1. The summed E-state index contributed by atoms with van der Waals surface area (Å²) in [5.74, 6) is 0.938. The highest BCUT2D eigenvalue weighted by Crippen LogP contribution is 2.42. The SMILES string of the molecule is COc1ccc(F)cc1C(N)C1CC1. The summed E-state index contributed by atoms with van der Waals surface area (Å²) in [7, 11) is 1.58. The Bertz CT molecular complexity index is 336. The van der Waals surface area contributed by atoms with E-state index in [1.807, 2.05) is 0 Å². The third-order valence-corrected chi connectivity index (χ3v) is 2.68. The van der Waals surface area contributed by atoms with Gasteiger partial charge in [-0.25, -0.2) is 4.39 Å². The molecule has 1 aromatic carbocycles. The minimum Gasteiger partial charge on any atom is -0.496 e. The summed E-state index contributed by atoms with van der Waals surface area (Å²) >= 11 is 0. The van der Waals surface area contributed by atoms with E-state index in [1.54, 1.807) is 13.2 Å². The molecule has 0 aliphatic heterocycles. The van der Waals surface area contributed by atoms with Crippen LogP contribution in [0, 0.1) is 11.7 Å². The van der Waals surface area contributed by atoms with Gasteiger partial charge in [0.1, 0.15) is 11.6 Å². The highest BCUT2D eigenvalue weighted by molar-refractivity contribution is 5.37. The zero-order valence-electron chi connectivity index (χ0n) is 8.16. The number of nitrogens with two attached hydrogens (primary N) is 1. The van der Waals surface area contributed by atoms with E-state index in [0.29, 0.717) is 11.7 Å². The van der Waals surface area contributed by atoms with Crippen LogP contribution >= 0.6 is 0 Å². The van der Waals surface area contributed by atoms with E-state index < -0.39 is 0 Å². The third-order valence-electron chi connectivity index (χ3n) is 2.68. The fourth-order valence-corrected chi connectivity index (χ4v) is 1.67. The zero-order valence-corrected chi connectivity index (χ0v) is 8.16. The minimum absolute atomic E-state index is 0.0827. The maximum Gasteiger partial charge on any atom is 0.123 e. The molecule has 1 fully saturated rings. The van der Waals surface area contributed by atoms with E-state index in [2.05, 4.69) is 0 Å². The number of ether oxygens (including phenoxy) is 1. The van der Waals surface area contributed by atoms with Crippen molar-refractivity contribution in [3.63, 3.8) is 0 Å². The Hall–Kier alpha value is -1.09. The number of hydrogen-bond acceptors (Lipinski definition) is 2. The molecule has 0 saturated heterocycles. The summed E-state index contributed by atoms with van der Waals surface area (Å²) in [6.45, 7) is 0. The maximum atomic E-state index is 13.0. The molecule has 0 amide bonds. The molecule has 2 nitrogen and oxygen atoms in total. The van der Waals surface area contributed by atoms with Gasteiger partial charge in [-0.15, -0.1) is 0 Å². The lowest BCUT2D eigenvalue weighted by molar-refractivity contribution is 0.401. The van der Waals surface area contributed by atoms with Crippen LogP contribution in [0.5, 0.6) is 5.75 Å². The second-order valence-electron chi connectivity index (χ2n) is 3.75. The van der Waals surface area contributed by atoms with Gasteiger partial charge in [-0.1, -0.05) is 0 Å². The zero-order chi connectivity index (χ0) is 10.1. The summed E-state index contributed by atoms with van der Waals surface area (Å²) < 4.78 is 18.2. The molecule has 1 aliphatic carbocycles. The van der Waals surface area contributed by atoms with Gasteiger partial charge in [-0.2, -0.15) is 0 Å². The van der Waals surface area contributed by atoms with Crippen LogP contribution in [0.25, 0.3) is 0 Å². The largest absolute Gasteiger partial charge is 0.496 e. The summed E-state index contributed by atoms with van der Waals surface area (Å²) in [5.41, 5.74) is 6.79. The fourth-order valence-electron chi connectivity index (χ4n) is 1.67. The minimum atomic E-state index is -0.253. The van der Waals surface area contributed by atoms with Gasteiger partial charge in [0.2, 0.25) is 0 Å². The van der Waals surface area contributed by atoms with Gasteiger partial charge in [0.05, 0.1) is 7.11 Å². The molecule has 0 bridgehead atoms. The first kappa shape index (κ1) is 9.46. The predicted octanol–water partition coefficient (Wildman–Crippen LogP) is 2.24. The Morgan fingerprint density at radius 1 is 1.50 bits per heavy atom. The Morgan fingerprint density at radius 2 is 2.21 bits per heavy atom. The summed E-state index contributed by atoms with van der Waals surface area (Å²) in [6.07, 6.45) is 2.28. The van der Waals surface area contributed by atoms with Crippen molar-refractivity contribution in [1.29, 1.82) is 0 Å². The first-order valence-corrected chi connectivity index (χ1v) is 4.81. The highest BCUT2D eigenvalue weighted by atomic mass is 19.1. The first-order chi connectivity index (χ1) is 6.72. The molecule has 2 N–H and O–H groups in total. The van der Waals surface area contributed by atoms with Crippen LogP contribution in [0.1, 0.15) is 24.4 Å². The average Bonchev–Trinajstić information content (AvgIpc) is 3.00. The molecule has 1 unspecified atom stereocenters. The average molecular weight is 195 g/mol. The van der Waals surface area contributed by atoms with Crippen molar-refractivity contribution in [3.8, 4) is 5.75 Å². The molecule has 1 atom stereocenters. The van der Waals surface area contributed by atoms with E-state index in [-0.39, 0.29) is 11.9 Å². The van der Waals surface area contributed by atoms with Gasteiger partial charge in [0, 0.05) is 11.6 Å². The molecular weight excluding hydrogens is 181 g/mol. The fraction of sp³-hybridized carbons (Fsp3) is 0.455. The van der Waals surface area contributed by atoms with Crippen LogP contribution < -0.4 is 10.5 Å². The Morgan fingerprint density at radius 3 is 2.79 bits per heavy atom. The van der Waals surface area contributed by atoms with Crippen molar-refractivity contribution < 1.29 is 9.13 Å². The van der Waals surface area contributed by atoms with Gasteiger partial charge in [-0.05, 0) is 37.0 Å². The molecule has 0 spiro atoms. The van der Waals surface area contributed by atoms with E-state index in [4.69, 9.17) is 10.5 Å². The molecule has 1 aromatic rings. The lowest BCUT2D eigenvalue weighted by Gasteiger charge is -2.14. The van der Waals surface area contributed by atoms with Crippen molar-refractivity contribution in [3.05, 3.63) is 29.6 Å². The predicted molar refractivity (Wildman–Crippen MR) is 52.6 cm³/mol. The Balaban J connectivity index is 2.32. The molecule has 1 aliphatic rings. The monoisotopic (exact) mass is 195 g/mol. The van der Waals surface area contributed by atoms with Crippen molar-refractivity contribution in [1.82, 2.24) is 0 Å². The smallest absolute Gasteiger partial charge is 0.123 e. The van der Waals surface area contributed by atoms with Crippen molar-refractivity contribution >= 4 is 0 Å². The third kappa shape index (κ3) is 1.73. The lowest BCUT2D eigenvalue weighted by Crippen LogP contribution is -2.13. The quantitative estimate of drug-likeness (QED) is 0.802. The van der Waals surface area contributed by atoms with Gasteiger partial charge in [0.25, 0.3) is 0 Å². The second kappa shape index (κ2) is 3.58. The topological polar surface area (TPSA) is 35.2 Å². The Labute approximate surface area is 82.9 Å². The Kier molecular flexibility index (Phi) is 2.42. The highest BCUT2D eigenvalue weighted by Gasteiger charge is 2.31. The van der Waals surface area contributed by atoms with Crippen molar-refractivity contribution in [2.24, 2.45) is 11.7 Å². The molecule has 3 heteroatoms. The summed E-state index contributed by atoms with van der Waals surface area (Å²) in [5, 5.41) is 0.